The van der Waals surface area contributed by atoms with Crippen molar-refractivity contribution < 1.29 is 28.5 Å². The number of benzene rings is 3. The van der Waals surface area contributed by atoms with E-state index in [0.717, 1.165) is 5.75 Å². The molecule has 0 radical (unpaired) electrons. The molecule has 33 heavy (non-hydrogen) atoms. The second-order valence-corrected chi connectivity index (χ2v) is 6.92. The third-order valence-corrected chi connectivity index (χ3v) is 4.60. The lowest BCUT2D eigenvalue weighted by Crippen LogP contribution is -2.29. The van der Waals surface area contributed by atoms with Crippen LogP contribution in [0.1, 0.15) is 12.5 Å². The standard InChI is InChI=1S/C26H25NO6/c1-18(32-24(28)17-12-19-8-7-11-23(30-2)25(19)31-3)26(29)27-20-13-15-22(16-14-20)33-21-9-5-4-6-10-21/h4-18H,1-3H3,(H,27,29)/b17-12+/t18-/m1/s1. The molecule has 170 valence electrons. The van der Waals surface area contributed by atoms with Crippen LogP contribution in [0.2, 0.25) is 0 Å². The summed E-state index contributed by atoms with van der Waals surface area (Å²) in [5.74, 6) is 1.28. The molecule has 0 aliphatic carbocycles. The fourth-order valence-electron chi connectivity index (χ4n) is 2.94. The monoisotopic (exact) mass is 447 g/mol. The Morgan fingerprint density at radius 3 is 2.21 bits per heavy atom. The Kier molecular flexibility index (Phi) is 8.07. The maximum Gasteiger partial charge on any atom is 0.331 e. The van der Waals surface area contributed by atoms with Crippen molar-refractivity contribution in [3.8, 4) is 23.0 Å². The number of esters is 1. The van der Waals surface area contributed by atoms with Gasteiger partial charge in [-0.05, 0) is 55.5 Å². The lowest BCUT2D eigenvalue weighted by atomic mass is 10.1. The third-order valence-electron chi connectivity index (χ3n) is 4.60. The van der Waals surface area contributed by atoms with Crippen molar-refractivity contribution in [2.45, 2.75) is 13.0 Å². The zero-order chi connectivity index (χ0) is 23.6. The summed E-state index contributed by atoms with van der Waals surface area (Å²) >= 11 is 0. The van der Waals surface area contributed by atoms with Crippen LogP contribution in [0.5, 0.6) is 23.0 Å². The SMILES string of the molecule is COc1cccc(/C=C/C(=O)O[C@H](C)C(=O)Nc2ccc(Oc3ccccc3)cc2)c1OC. The van der Waals surface area contributed by atoms with Gasteiger partial charge in [0, 0.05) is 17.3 Å². The first-order valence-electron chi connectivity index (χ1n) is 10.2. The molecular formula is C26H25NO6. The van der Waals surface area contributed by atoms with Gasteiger partial charge in [0.05, 0.1) is 14.2 Å². The van der Waals surface area contributed by atoms with E-state index in [1.165, 1.54) is 27.2 Å². The highest BCUT2D eigenvalue weighted by Crippen LogP contribution is 2.31. The summed E-state index contributed by atoms with van der Waals surface area (Å²) in [6.45, 7) is 1.50. The van der Waals surface area contributed by atoms with E-state index in [9.17, 15) is 9.59 Å². The highest BCUT2D eigenvalue weighted by molar-refractivity contribution is 5.96. The Bertz CT molecular complexity index is 1110. The molecule has 0 aliphatic rings. The van der Waals surface area contributed by atoms with Crippen molar-refractivity contribution in [3.63, 3.8) is 0 Å². The lowest BCUT2D eigenvalue weighted by Gasteiger charge is -2.13. The number of hydrogen-bond donors (Lipinski definition) is 1. The number of carbonyl (C=O) groups is 2. The maximum atomic E-state index is 12.4. The van der Waals surface area contributed by atoms with Crippen LogP contribution in [-0.2, 0) is 14.3 Å². The molecule has 0 unspecified atom stereocenters. The molecule has 7 heteroatoms. The van der Waals surface area contributed by atoms with Gasteiger partial charge in [0.2, 0.25) is 0 Å². The largest absolute Gasteiger partial charge is 0.493 e. The van der Waals surface area contributed by atoms with Crippen LogP contribution in [0.4, 0.5) is 5.69 Å². The first-order valence-corrected chi connectivity index (χ1v) is 10.2. The summed E-state index contributed by atoms with van der Waals surface area (Å²) < 4.78 is 21.5. The summed E-state index contributed by atoms with van der Waals surface area (Å²) in [6.07, 6.45) is 1.78. The molecule has 0 aliphatic heterocycles. The van der Waals surface area contributed by atoms with Crippen molar-refractivity contribution >= 4 is 23.6 Å². The number of nitrogens with one attached hydrogen (secondary N) is 1. The van der Waals surface area contributed by atoms with Crippen LogP contribution in [0.15, 0.2) is 78.9 Å². The van der Waals surface area contributed by atoms with Crippen LogP contribution in [0.25, 0.3) is 6.08 Å². The number of ether oxygens (including phenoxy) is 4. The number of amides is 1. The smallest absolute Gasteiger partial charge is 0.331 e. The van der Waals surface area contributed by atoms with Gasteiger partial charge in [-0.25, -0.2) is 4.79 Å². The molecule has 0 heterocycles. The average molecular weight is 447 g/mol. The Hall–Kier alpha value is -4.26. The van der Waals surface area contributed by atoms with Gasteiger partial charge in [0.15, 0.2) is 17.6 Å². The Labute approximate surface area is 192 Å². The Balaban J connectivity index is 1.54. The number of carbonyl (C=O) groups excluding carboxylic acids is 2. The zero-order valence-electron chi connectivity index (χ0n) is 18.6. The molecule has 0 spiro atoms. The van der Waals surface area contributed by atoms with E-state index in [1.54, 1.807) is 48.5 Å². The quantitative estimate of drug-likeness (QED) is 0.364. The molecule has 1 amide bonds. The molecule has 0 fully saturated rings. The van der Waals surface area contributed by atoms with Crippen molar-refractivity contribution in [3.05, 3.63) is 84.4 Å². The second-order valence-electron chi connectivity index (χ2n) is 6.92. The molecule has 1 atom stereocenters. The van der Waals surface area contributed by atoms with Crippen LogP contribution in [0.3, 0.4) is 0 Å². The van der Waals surface area contributed by atoms with Gasteiger partial charge in [-0.3, -0.25) is 4.79 Å². The molecule has 7 nitrogen and oxygen atoms in total. The molecule has 0 aromatic heterocycles. The Morgan fingerprint density at radius 1 is 0.848 bits per heavy atom. The predicted molar refractivity (Wildman–Crippen MR) is 126 cm³/mol. The van der Waals surface area contributed by atoms with Gasteiger partial charge in [0.25, 0.3) is 5.91 Å². The zero-order valence-corrected chi connectivity index (χ0v) is 18.6. The minimum Gasteiger partial charge on any atom is -0.493 e. The van der Waals surface area contributed by atoms with Gasteiger partial charge in [-0.1, -0.05) is 30.3 Å². The highest BCUT2D eigenvalue weighted by atomic mass is 16.5. The van der Waals surface area contributed by atoms with Gasteiger partial charge in [0.1, 0.15) is 11.5 Å². The van der Waals surface area contributed by atoms with E-state index < -0.39 is 18.0 Å². The second kappa shape index (κ2) is 11.4. The molecule has 0 saturated heterocycles. The molecule has 3 aromatic rings. The molecule has 1 N–H and O–H groups in total. The van der Waals surface area contributed by atoms with E-state index in [-0.39, 0.29) is 0 Å². The van der Waals surface area contributed by atoms with Crippen molar-refractivity contribution in [1.29, 1.82) is 0 Å². The summed E-state index contributed by atoms with van der Waals surface area (Å²) in [6, 6.07) is 21.6. The van der Waals surface area contributed by atoms with Gasteiger partial charge in [-0.2, -0.15) is 0 Å². The lowest BCUT2D eigenvalue weighted by molar-refractivity contribution is -0.148. The molecule has 0 saturated carbocycles. The van der Waals surface area contributed by atoms with Gasteiger partial charge in [-0.15, -0.1) is 0 Å². The normalized spacial score (nSPS) is 11.5. The summed E-state index contributed by atoms with van der Waals surface area (Å²) in [4.78, 5) is 24.6. The number of hydrogen-bond acceptors (Lipinski definition) is 6. The van der Waals surface area contributed by atoms with Gasteiger partial charge < -0.3 is 24.3 Å². The minimum absolute atomic E-state index is 0.451. The molecule has 3 aromatic carbocycles. The van der Waals surface area contributed by atoms with Crippen molar-refractivity contribution in [2.24, 2.45) is 0 Å². The first kappa shape index (κ1) is 23.4. The fraction of sp³-hybridized carbons (Fsp3) is 0.154. The summed E-state index contributed by atoms with van der Waals surface area (Å²) in [5, 5.41) is 2.71. The van der Waals surface area contributed by atoms with Crippen LogP contribution < -0.4 is 19.5 Å². The molecular weight excluding hydrogens is 422 g/mol. The summed E-state index contributed by atoms with van der Waals surface area (Å²) in [7, 11) is 3.05. The fourth-order valence-corrected chi connectivity index (χ4v) is 2.94. The predicted octanol–water partition coefficient (Wildman–Crippen LogP) is 5.08. The van der Waals surface area contributed by atoms with Crippen molar-refractivity contribution in [2.75, 3.05) is 19.5 Å². The number of rotatable bonds is 9. The first-order chi connectivity index (χ1) is 16.0. The molecule has 0 bridgehead atoms. The van der Waals surface area contributed by atoms with Crippen LogP contribution in [-0.4, -0.2) is 32.2 Å². The third kappa shape index (κ3) is 6.61. The highest BCUT2D eigenvalue weighted by Gasteiger charge is 2.17. The van der Waals surface area contributed by atoms with E-state index in [1.807, 2.05) is 30.3 Å². The number of methoxy groups -OCH3 is 2. The van der Waals surface area contributed by atoms with Crippen LogP contribution >= 0.6 is 0 Å². The van der Waals surface area contributed by atoms with Crippen molar-refractivity contribution in [1.82, 2.24) is 0 Å². The topological polar surface area (TPSA) is 83.1 Å². The van der Waals surface area contributed by atoms with E-state index in [4.69, 9.17) is 18.9 Å². The van der Waals surface area contributed by atoms with Gasteiger partial charge >= 0.3 is 5.97 Å². The minimum atomic E-state index is -0.991. The Morgan fingerprint density at radius 2 is 1.55 bits per heavy atom. The van der Waals surface area contributed by atoms with E-state index in [2.05, 4.69) is 5.32 Å². The average Bonchev–Trinajstić information content (AvgIpc) is 2.84. The maximum absolute atomic E-state index is 12.4. The number of anilines is 1. The van der Waals surface area contributed by atoms with E-state index in [0.29, 0.717) is 28.5 Å². The molecule has 3 rings (SSSR count). The summed E-state index contributed by atoms with van der Waals surface area (Å²) in [5.41, 5.74) is 1.20. The van der Waals surface area contributed by atoms with Crippen LogP contribution in [0, 0.1) is 0 Å². The van der Waals surface area contributed by atoms with E-state index >= 15 is 0 Å². The number of para-hydroxylation sites is 2.